The zero-order chi connectivity index (χ0) is 18.5. The Morgan fingerprint density at radius 2 is 1.42 bits per heavy atom. The van der Waals surface area contributed by atoms with E-state index in [1.165, 1.54) is 22.9 Å². The van der Waals surface area contributed by atoms with Crippen LogP contribution in [-0.2, 0) is 16.1 Å². The van der Waals surface area contributed by atoms with Crippen LogP contribution in [0.15, 0.2) is 73.8 Å². The molecule has 0 aliphatic rings. The molecule has 1 unspecified atom stereocenters. The molecule has 26 heavy (non-hydrogen) atoms. The van der Waals surface area contributed by atoms with Gasteiger partial charge in [-0.05, 0) is 36.6 Å². The Labute approximate surface area is 153 Å². The second-order valence-corrected chi connectivity index (χ2v) is 6.59. The standard InChI is InChI=1S/C23H23NO2/c1-3-18(25)14-13-17(15-19(26)4-2)16-24-22-11-7-5-9-20(22)21-10-6-8-12-23(21)24/h3-12,17H,1-2,13-16H2. The van der Waals surface area contributed by atoms with E-state index in [0.29, 0.717) is 25.8 Å². The van der Waals surface area contributed by atoms with Crippen molar-refractivity contribution in [2.45, 2.75) is 25.8 Å². The number of carbonyl (C=O) groups is 2. The normalized spacial score (nSPS) is 12.2. The van der Waals surface area contributed by atoms with E-state index in [1.807, 2.05) is 24.3 Å². The Balaban J connectivity index is 1.98. The van der Waals surface area contributed by atoms with Gasteiger partial charge in [-0.3, -0.25) is 9.59 Å². The van der Waals surface area contributed by atoms with Gasteiger partial charge in [0.2, 0.25) is 0 Å². The first-order valence-electron chi connectivity index (χ1n) is 8.90. The van der Waals surface area contributed by atoms with E-state index in [2.05, 4.69) is 42.0 Å². The molecule has 3 heteroatoms. The zero-order valence-electron chi connectivity index (χ0n) is 14.9. The number of nitrogens with zero attached hydrogens (tertiary/aromatic N) is 1. The van der Waals surface area contributed by atoms with Gasteiger partial charge in [-0.15, -0.1) is 0 Å². The SMILES string of the molecule is C=CC(=O)CCC(CC(=O)C=C)Cn1c2ccccc2c2ccccc21. The molecule has 3 nitrogen and oxygen atoms in total. The van der Waals surface area contributed by atoms with Crippen molar-refractivity contribution >= 4 is 33.4 Å². The lowest BCUT2D eigenvalue weighted by Crippen LogP contribution is -2.15. The highest BCUT2D eigenvalue weighted by molar-refractivity contribution is 6.08. The molecule has 1 aromatic heterocycles. The fourth-order valence-corrected chi connectivity index (χ4v) is 3.53. The third-order valence-corrected chi connectivity index (χ3v) is 4.86. The molecular weight excluding hydrogens is 322 g/mol. The Morgan fingerprint density at radius 1 is 0.885 bits per heavy atom. The molecule has 1 atom stereocenters. The van der Waals surface area contributed by atoms with Gasteiger partial charge in [-0.1, -0.05) is 49.6 Å². The molecule has 0 amide bonds. The molecule has 1 heterocycles. The second-order valence-electron chi connectivity index (χ2n) is 6.59. The van der Waals surface area contributed by atoms with Crippen molar-refractivity contribution in [1.82, 2.24) is 4.57 Å². The molecular formula is C23H23NO2. The third-order valence-electron chi connectivity index (χ3n) is 4.86. The maximum absolute atomic E-state index is 12.0. The van der Waals surface area contributed by atoms with Gasteiger partial charge in [-0.2, -0.15) is 0 Å². The van der Waals surface area contributed by atoms with Gasteiger partial charge < -0.3 is 4.57 Å². The largest absolute Gasteiger partial charge is 0.340 e. The Kier molecular flexibility index (Phi) is 5.47. The number of fused-ring (bicyclic) bond motifs is 3. The van der Waals surface area contributed by atoms with Crippen LogP contribution in [0.1, 0.15) is 19.3 Å². The van der Waals surface area contributed by atoms with Gasteiger partial charge in [0.05, 0.1) is 0 Å². The maximum atomic E-state index is 12.0. The van der Waals surface area contributed by atoms with E-state index >= 15 is 0 Å². The summed E-state index contributed by atoms with van der Waals surface area (Å²) in [6.07, 6.45) is 4.19. The molecule has 0 aliphatic heterocycles. The van der Waals surface area contributed by atoms with Crippen LogP contribution in [0.4, 0.5) is 0 Å². The molecule has 3 aromatic rings. The van der Waals surface area contributed by atoms with E-state index in [9.17, 15) is 9.59 Å². The molecule has 3 rings (SSSR count). The first kappa shape index (κ1) is 17.9. The summed E-state index contributed by atoms with van der Waals surface area (Å²) in [7, 11) is 0. The number of hydrogen-bond acceptors (Lipinski definition) is 2. The fraction of sp³-hybridized carbons (Fsp3) is 0.217. The van der Waals surface area contributed by atoms with E-state index in [1.54, 1.807) is 0 Å². The zero-order valence-corrected chi connectivity index (χ0v) is 14.9. The average Bonchev–Trinajstić information content (AvgIpc) is 2.99. The highest BCUT2D eigenvalue weighted by Gasteiger charge is 2.17. The minimum Gasteiger partial charge on any atom is -0.340 e. The van der Waals surface area contributed by atoms with Crippen LogP contribution in [0.25, 0.3) is 21.8 Å². The van der Waals surface area contributed by atoms with Gasteiger partial charge >= 0.3 is 0 Å². The lowest BCUT2D eigenvalue weighted by atomic mass is 9.95. The first-order valence-corrected chi connectivity index (χ1v) is 8.90. The Hall–Kier alpha value is -2.94. The van der Waals surface area contributed by atoms with Crippen LogP contribution < -0.4 is 0 Å². The van der Waals surface area contributed by atoms with Crippen molar-refractivity contribution in [3.05, 3.63) is 73.8 Å². The van der Waals surface area contributed by atoms with Crippen molar-refractivity contribution in [3.63, 3.8) is 0 Å². The van der Waals surface area contributed by atoms with Gasteiger partial charge in [0.1, 0.15) is 0 Å². The summed E-state index contributed by atoms with van der Waals surface area (Å²) in [5, 5.41) is 2.41. The summed E-state index contributed by atoms with van der Waals surface area (Å²) in [6, 6.07) is 16.6. The predicted octanol–water partition coefficient (Wildman–Crippen LogP) is 5.09. The molecule has 0 spiro atoms. The van der Waals surface area contributed by atoms with Crippen LogP contribution in [0.2, 0.25) is 0 Å². The minimum atomic E-state index is 0.0156. The Morgan fingerprint density at radius 3 is 1.96 bits per heavy atom. The maximum Gasteiger partial charge on any atom is 0.155 e. The third kappa shape index (κ3) is 3.67. The van der Waals surface area contributed by atoms with Gasteiger partial charge in [0.25, 0.3) is 0 Å². The number of para-hydroxylation sites is 2. The molecule has 0 radical (unpaired) electrons. The minimum absolute atomic E-state index is 0.0156. The quantitative estimate of drug-likeness (QED) is 0.507. The second kappa shape index (κ2) is 7.96. The van der Waals surface area contributed by atoms with Crippen molar-refractivity contribution in [2.24, 2.45) is 5.92 Å². The molecule has 0 fully saturated rings. The number of rotatable bonds is 9. The predicted molar refractivity (Wildman–Crippen MR) is 107 cm³/mol. The number of hydrogen-bond donors (Lipinski definition) is 0. The summed E-state index contributed by atoms with van der Waals surface area (Å²) in [4.78, 5) is 23.6. The highest BCUT2D eigenvalue weighted by atomic mass is 16.1. The molecule has 0 N–H and O–H groups in total. The van der Waals surface area contributed by atoms with E-state index in [0.717, 1.165) is 11.0 Å². The first-order chi connectivity index (χ1) is 12.6. The lowest BCUT2D eigenvalue weighted by Gasteiger charge is -2.18. The topological polar surface area (TPSA) is 39.1 Å². The number of ketones is 2. The molecule has 2 aromatic carbocycles. The van der Waals surface area contributed by atoms with Crippen molar-refractivity contribution in [3.8, 4) is 0 Å². The summed E-state index contributed by atoms with van der Waals surface area (Å²) in [5.41, 5.74) is 2.31. The molecule has 132 valence electrons. The number of aromatic nitrogens is 1. The molecule has 0 saturated heterocycles. The lowest BCUT2D eigenvalue weighted by molar-refractivity contribution is -0.117. The highest BCUT2D eigenvalue weighted by Crippen LogP contribution is 2.30. The monoisotopic (exact) mass is 345 g/mol. The van der Waals surface area contributed by atoms with E-state index in [4.69, 9.17) is 0 Å². The fourth-order valence-electron chi connectivity index (χ4n) is 3.53. The molecule has 0 aliphatic carbocycles. The van der Waals surface area contributed by atoms with Crippen molar-refractivity contribution < 1.29 is 9.59 Å². The smallest absolute Gasteiger partial charge is 0.155 e. The van der Waals surface area contributed by atoms with Gasteiger partial charge in [-0.25, -0.2) is 0 Å². The Bertz CT molecular complexity index is 927. The average molecular weight is 345 g/mol. The summed E-state index contributed by atoms with van der Waals surface area (Å²) in [6.45, 7) is 7.81. The van der Waals surface area contributed by atoms with Crippen molar-refractivity contribution in [1.29, 1.82) is 0 Å². The van der Waals surface area contributed by atoms with Gasteiger partial charge in [0, 0.05) is 41.2 Å². The molecule has 0 bridgehead atoms. The van der Waals surface area contributed by atoms with Gasteiger partial charge in [0.15, 0.2) is 11.6 Å². The summed E-state index contributed by atoms with van der Waals surface area (Å²) < 4.78 is 2.27. The van der Waals surface area contributed by atoms with E-state index in [-0.39, 0.29) is 17.5 Å². The number of allylic oxidation sites excluding steroid dienone is 2. The number of benzene rings is 2. The number of carbonyl (C=O) groups excluding carboxylic acids is 2. The van der Waals surface area contributed by atoms with Crippen LogP contribution in [0, 0.1) is 5.92 Å². The van der Waals surface area contributed by atoms with Crippen LogP contribution >= 0.6 is 0 Å². The van der Waals surface area contributed by atoms with Crippen LogP contribution in [-0.4, -0.2) is 16.1 Å². The van der Waals surface area contributed by atoms with Crippen LogP contribution in [0.5, 0.6) is 0 Å². The van der Waals surface area contributed by atoms with Crippen LogP contribution in [0.3, 0.4) is 0 Å². The van der Waals surface area contributed by atoms with Crippen molar-refractivity contribution in [2.75, 3.05) is 0 Å². The summed E-state index contributed by atoms with van der Waals surface area (Å²) >= 11 is 0. The summed E-state index contributed by atoms with van der Waals surface area (Å²) in [5.74, 6) is 0.105. The van der Waals surface area contributed by atoms with E-state index < -0.39 is 0 Å². The molecule has 0 saturated carbocycles.